The average Bonchev–Trinajstić information content (AvgIpc) is 2.70. The molecule has 1 atom stereocenters. The maximum Gasteiger partial charge on any atom is 0.303 e. The molecule has 0 bridgehead atoms. The van der Waals surface area contributed by atoms with Gasteiger partial charge in [-0.15, -0.1) is 11.3 Å². The molecule has 17 heavy (non-hydrogen) atoms. The first-order valence-corrected chi connectivity index (χ1v) is 6.96. The van der Waals surface area contributed by atoms with Gasteiger partial charge in [-0.2, -0.15) is 0 Å². The molecule has 2 heterocycles. The van der Waals surface area contributed by atoms with Crippen LogP contribution >= 0.6 is 11.3 Å². The number of hydrogen-bond acceptors (Lipinski definition) is 3. The summed E-state index contributed by atoms with van der Waals surface area (Å²) in [6.07, 6.45) is 1.41. The van der Waals surface area contributed by atoms with E-state index in [2.05, 4.69) is 30.9 Å². The molecule has 0 aliphatic carbocycles. The van der Waals surface area contributed by atoms with Gasteiger partial charge in [-0.25, -0.2) is 0 Å². The number of nitrogens with zero attached hydrogens (tertiary/aromatic N) is 1. The van der Waals surface area contributed by atoms with Crippen LogP contribution in [-0.2, 0) is 11.2 Å². The molecule has 2 rings (SSSR count). The first-order valence-electron chi connectivity index (χ1n) is 6.14. The molecule has 0 radical (unpaired) electrons. The van der Waals surface area contributed by atoms with Gasteiger partial charge < -0.3 is 5.11 Å². The largest absolute Gasteiger partial charge is 0.481 e. The first-order chi connectivity index (χ1) is 8.10. The Morgan fingerprint density at radius 3 is 2.82 bits per heavy atom. The molecule has 1 N–H and O–H groups in total. The van der Waals surface area contributed by atoms with E-state index in [4.69, 9.17) is 5.11 Å². The summed E-state index contributed by atoms with van der Waals surface area (Å²) in [4.78, 5) is 15.8. The number of thiophene rings is 1. The predicted octanol–water partition coefficient (Wildman–Crippen LogP) is 2.78. The zero-order valence-corrected chi connectivity index (χ0v) is 11.2. The fourth-order valence-corrected chi connectivity index (χ4v) is 3.33. The van der Waals surface area contributed by atoms with Crippen LogP contribution in [-0.4, -0.2) is 29.1 Å². The van der Waals surface area contributed by atoms with Crippen molar-refractivity contribution in [2.45, 2.75) is 32.7 Å². The van der Waals surface area contributed by atoms with Gasteiger partial charge in [-0.3, -0.25) is 9.69 Å². The lowest BCUT2D eigenvalue weighted by Crippen LogP contribution is -2.48. The molecule has 0 aromatic carbocycles. The highest BCUT2D eigenvalue weighted by Crippen LogP contribution is 2.33. The third-order valence-electron chi connectivity index (χ3n) is 3.44. The normalized spacial score (nSPS) is 18.9. The van der Waals surface area contributed by atoms with E-state index in [1.165, 1.54) is 9.75 Å². The van der Waals surface area contributed by atoms with Crippen LogP contribution in [0.15, 0.2) is 12.1 Å². The number of carbonyl (C=O) groups is 1. The Labute approximate surface area is 106 Å². The van der Waals surface area contributed by atoms with Crippen LogP contribution in [0.2, 0.25) is 0 Å². The molecule has 1 aromatic heterocycles. The molecule has 0 spiro atoms. The number of rotatable bonds is 5. The van der Waals surface area contributed by atoms with Gasteiger partial charge in [0.2, 0.25) is 0 Å². The zero-order chi connectivity index (χ0) is 12.4. The second kappa shape index (κ2) is 5.19. The number of hydrogen-bond donors (Lipinski definition) is 1. The monoisotopic (exact) mass is 253 g/mol. The van der Waals surface area contributed by atoms with Gasteiger partial charge in [0.05, 0.1) is 6.42 Å². The molecule has 1 aromatic rings. The minimum atomic E-state index is -0.674. The lowest BCUT2D eigenvalue weighted by molar-refractivity contribution is -0.139. The molecular weight excluding hydrogens is 234 g/mol. The van der Waals surface area contributed by atoms with Gasteiger partial charge in [0.15, 0.2) is 0 Å². The molecule has 3 nitrogen and oxygen atoms in total. The van der Waals surface area contributed by atoms with E-state index in [0.717, 1.165) is 19.5 Å². The SMILES string of the molecule is CCc1ccc(C(C)N2CC(CC(=O)O)C2)s1. The minimum Gasteiger partial charge on any atom is -0.481 e. The highest BCUT2D eigenvalue weighted by Gasteiger charge is 2.32. The summed E-state index contributed by atoms with van der Waals surface area (Å²) in [5.74, 6) is -0.327. The third kappa shape index (κ3) is 2.87. The molecule has 94 valence electrons. The van der Waals surface area contributed by atoms with E-state index in [1.807, 2.05) is 11.3 Å². The van der Waals surface area contributed by atoms with Crippen molar-refractivity contribution in [3.63, 3.8) is 0 Å². The number of aliphatic carboxylic acids is 1. The molecular formula is C13H19NO2S. The van der Waals surface area contributed by atoms with Crippen LogP contribution in [0.1, 0.15) is 36.1 Å². The smallest absolute Gasteiger partial charge is 0.303 e. The summed E-state index contributed by atoms with van der Waals surface area (Å²) in [5.41, 5.74) is 0. The summed E-state index contributed by atoms with van der Waals surface area (Å²) in [6.45, 7) is 6.23. The Bertz CT molecular complexity index is 396. The number of aryl methyl sites for hydroxylation is 1. The molecule has 1 aliphatic rings. The Balaban J connectivity index is 1.86. The Morgan fingerprint density at radius 2 is 2.29 bits per heavy atom. The molecule has 1 aliphatic heterocycles. The standard InChI is InChI=1S/C13H19NO2S/c1-3-11-4-5-12(17-11)9(2)14-7-10(8-14)6-13(15)16/h4-5,9-10H,3,6-8H2,1-2H3,(H,15,16). The average molecular weight is 253 g/mol. The number of likely N-dealkylation sites (tertiary alicyclic amines) is 1. The van der Waals surface area contributed by atoms with E-state index < -0.39 is 5.97 Å². The fraction of sp³-hybridized carbons (Fsp3) is 0.615. The lowest BCUT2D eigenvalue weighted by Gasteiger charge is -2.42. The summed E-state index contributed by atoms with van der Waals surface area (Å²) in [5, 5.41) is 8.71. The van der Waals surface area contributed by atoms with Crippen LogP contribution in [0.25, 0.3) is 0 Å². The highest BCUT2D eigenvalue weighted by molar-refractivity contribution is 7.12. The third-order valence-corrected chi connectivity index (χ3v) is 4.84. The molecule has 0 saturated carbocycles. The molecule has 1 fully saturated rings. The van der Waals surface area contributed by atoms with E-state index in [0.29, 0.717) is 18.4 Å². The van der Waals surface area contributed by atoms with Crippen LogP contribution in [0.5, 0.6) is 0 Å². The van der Waals surface area contributed by atoms with Crippen molar-refractivity contribution >= 4 is 17.3 Å². The van der Waals surface area contributed by atoms with Crippen molar-refractivity contribution in [2.75, 3.05) is 13.1 Å². The van der Waals surface area contributed by atoms with E-state index in [-0.39, 0.29) is 0 Å². The van der Waals surface area contributed by atoms with Gasteiger partial charge in [0.1, 0.15) is 0 Å². The van der Waals surface area contributed by atoms with Crippen molar-refractivity contribution in [3.05, 3.63) is 21.9 Å². The Hall–Kier alpha value is -0.870. The molecule has 1 unspecified atom stereocenters. The summed E-state index contributed by atoms with van der Waals surface area (Å²) in [7, 11) is 0. The molecule has 4 heteroatoms. The van der Waals surface area contributed by atoms with Gasteiger partial charge in [-0.1, -0.05) is 6.92 Å². The minimum absolute atomic E-state index is 0.313. The maximum absolute atomic E-state index is 10.6. The van der Waals surface area contributed by atoms with Crippen molar-refractivity contribution < 1.29 is 9.90 Å². The Morgan fingerprint density at radius 1 is 1.59 bits per heavy atom. The first kappa shape index (κ1) is 12.6. The van der Waals surface area contributed by atoms with Crippen molar-refractivity contribution in [1.29, 1.82) is 0 Å². The summed E-state index contributed by atoms with van der Waals surface area (Å²) < 4.78 is 0. The Kier molecular flexibility index (Phi) is 3.84. The quantitative estimate of drug-likeness (QED) is 0.877. The maximum atomic E-state index is 10.6. The topological polar surface area (TPSA) is 40.5 Å². The van der Waals surface area contributed by atoms with E-state index in [1.54, 1.807) is 0 Å². The van der Waals surface area contributed by atoms with Crippen molar-refractivity contribution in [2.24, 2.45) is 5.92 Å². The van der Waals surface area contributed by atoms with E-state index >= 15 is 0 Å². The van der Waals surface area contributed by atoms with Crippen LogP contribution in [0, 0.1) is 5.92 Å². The van der Waals surface area contributed by atoms with Crippen molar-refractivity contribution in [3.8, 4) is 0 Å². The van der Waals surface area contributed by atoms with Gasteiger partial charge in [-0.05, 0) is 31.4 Å². The summed E-state index contributed by atoms with van der Waals surface area (Å²) >= 11 is 1.88. The van der Waals surface area contributed by atoms with Gasteiger partial charge in [0.25, 0.3) is 0 Å². The van der Waals surface area contributed by atoms with Gasteiger partial charge in [0, 0.05) is 28.9 Å². The van der Waals surface area contributed by atoms with E-state index in [9.17, 15) is 4.79 Å². The highest BCUT2D eigenvalue weighted by atomic mass is 32.1. The predicted molar refractivity (Wildman–Crippen MR) is 69.4 cm³/mol. The second-order valence-electron chi connectivity index (χ2n) is 4.75. The zero-order valence-electron chi connectivity index (χ0n) is 10.3. The lowest BCUT2D eigenvalue weighted by atomic mass is 9.94. The number of carboxylic acids is 1. The number of carboxylic acid groups (broad SMARTS) is 1. The van der Waals surface area contributed by atoms with Crippen LogP contribution in [0.3, 0.4) is 0 Å². The van der Waals surface area contributed by atoms with Crippen LogP contribution < -0.4 is 0 Å². The fourth-order valence-electron chi connectivity index (χ4n) is 2.29. The molecule has 0 amide bonds. The van der Waals surface area contributed by atoms with Crippen LogP contribution in [0.4, 0.5) is 0 Å². The molecule has 1 saturated heterocycles. The second-order valence-corrected chi connectivity index (χ2v) is 5.95. The van der Waals surface area contributed by atoms with Gasteiger partial charge >= 0.3 is 5.97 Å². The van der Waals surface area contributed by atoms with Crippen molar-refractivity contribution in [1.82, 2.24) is 4.90 Å². The summed E-state index contributed by atoms with van der Waals surface area (Å²) in [6, 6.07) is 4.84.